The maximum atomic E-state index is 13.5. The van der Waals surface area contributed by atoms with Crippen molar-refractivity contribution in [2.75, 3.05) is 6.54 Å². The van der Waals surface area contributed by atoms with Gasteiger partial charge in [0.25, 0.3) is 0 Å². The number of thioether (sulfide) groups is 1. The largest absolute Gasteiger partial charge is 0.320 e. The van der Waals surface area contributed by atoms with Crippen LogP contribution in [0.3, 0.4) is 0 Å². The van der Waals surface area contributed by atoms with Crippen LogP contribution in [0.2, 0.25) is 0 Å². The lowest BCUT2D eigenvalue weighted by Gasteiger charge is -2.05. The normalized spacial score (nSPS) is 10.0. The molecule has 0 aliphatic carbocycles. The minimum Gasteiger partial charge on any atom is -0.320 e. The summed E-state index contributed by atoms with van der Waals surface area (Å²) in [5.74, 6) is 7.07. The molecule has 0 saturated carbocycles. The predicted octanol–water partition coefficient (Wildman–Crippen LogP) is 3.88. The van der Waals surface area contributed by atoms with Crippen molar-refractivity contribution in [3.8, 4) is 11.8 Å². The van der Waals surface area contributed by atoms with Crippen LogP contribution in [0.4, 0.5) is 4.39 Å². The molecular formula is C18H18FNS. The fourth-order valence-electron chi connectivity index (χ4n) is 2.05. The van der Waals surface area contributed by atoms with E-state index < -0.39 is 0 Å². The third-order valence-electron chi connectivity index (χ3n) is 2.91. The topological polar surface area (TPSA) is 26.0 Å². The van der Waals surface area contributed by atoms with E-state index in [0.29, 0.717) is 5.56 Å². The van der Waals surface area contributed by atoms with Crippen LogP contribution in [0, 0.1) is 24.6 Å². The van der Waals surface area contributed by atoms with E-state index in [1.807, 2.05) is 6.07 Å². The lowest BCUT2D eigenvalue weighted by Crippen LogP contribution is -1.93. The van der Waals surface area contributed by atoms with E-state index in [0.717, 1.165) is 17.1 Å². The quantitative estimate of drug-likeness (QED) is 0.867. The Kier molecular flexibility index (Phi) is 5.86. The number of hydrogen-bond acceptors (Lipinski definition) is 2. The average Bonchev–Trinajstić information content (AvgIpc) is 2.45. The lowest BCUT2D eigenvalue weighted by atomic mass is 10.1. The van der Waals surface area contributed by atoms with Crippen LogP contribution in [-0.4, -0.2) is 6.54 Å². The van der Waals surface area contributed by atoms with Crippen molar-refractivity contribution in [2.24, 2.45) is 5.73 Å². The Bertz CT molecular complexity index is 670. The lowest BCUT2D eigenvalue weighted by molar-refractivity contribution is 0.626. The zero-order valence-corrected chi connectivity index (χ0v) is 12.8. The molecule has 0 radical (unpaired) electrons. The van der Waals surface area contributed by atoms with Gasteiger partial charge in [-0.1, -0.05) is 41.7 Å². The molecule has 2 aromatic rings. The molecule has 2 aromatic carbocycles. The van der Waals surface area contributed by atoms with Gasteiger partial charge in [-0.2, -0.15) is 11.8 Å². The molecule has 21 heavy (non-hydrogen) atoms. The number of benzene rings is 2. The van der Waals surface area contributed by atoms with Crippen LogP contribution in [0.5, 0.6) is 0 Å². The minimum atomic E-state index is -0.245. The number of aryl methyl sites for hydroxylation is 1. The molecule has 2 N–H and O–H groups in total. The molecule has 0 spiro atoms. The highest BCUT2D eigenvalue weighted by Gasteiger charge is 2.01. The summed E-state index contributed by atoms with van der Waals surface area (Å²) in [5.41, 5.74) is 9.53. The summed E-state index contributed by atoms with van der Waals surface area (Å²) in [6, 6.07) is 13.4. The maximum Gasteiger partial charge on any atom is 0.124 e. The number of hydrogen-bond donors (Lipinski definition) is 1. The van der Waals surface area contributed by atoms with Gasteiger partial charge in [0.05, 0.1) is 6.54 Å². The van der Waals surface area contributed by atoms with Crippen molar-refractivity contribution < 1.29 is 4.39 Å². The summed E-state index contributed by atoms with van der Waals surface area (Å²) in [6.45, 7) is 2.37. The van der Waals surface area contributed by atoms with Crippen molar-refractivity contribution in [3.05, 3.63) is 70.5 Å². The number of halogens is 1. The summed E-state index contributed by atoms with van der Waals surface area (Å²) in [6.07, 6.45) is 0. The van der Waals surface area contributed by atoms with Gasteiger partial charge >= 0.3 is 0 Å². The van der Waals surface area contributed by atoms with E-state index in [1.54, 1.807) is 17.8 Å². The Hall–Kier alpha value is -1.76. The van der Waals surface area contributed by atoms with E-state index in [1.165, 1.54) is 17.2 Å². The highest BCUT2D eigenvalue weighted by Crippen LogP contribution is 2.20. The molecule has 0 fully saturated rings. The molecule has 108 valence electrons. The zero-order valence-electron chi connectivity index (χ0n) is 12.0. The molecular weight excluding hydrogens is 281 g/mol. The Morgan fingerprint density at radius 3 is 2.67 bits per heavy atom. The van der Waals surface area contributed by atoms with Crippen LogP contribution in [-0.2, 0) is 11.5 Å². The molecule has 0 aromatic heterocycles. The predicted molar refractivity (Wildman–Crippen MR) is 88.5 cm³/mol. The smallest absolute Gasteiger partial charge is 0.124 e. The Labute approximate surface area is 129 Å². The Morgan fingerprint density at radius 2 is 1.90 bits per heavy atom. The fraction of sp³-hybridized carbons (Fsp3) is 0.222. The van der Waals surface area contributed by atoms with Gasteiger partial charge in [-0.05, 0) is 36.2 Å². The van der Waals surface area contributed by atoms with Crippen molar-refractivity contribution in [2.45, 2.75) is 18.4 Å². The fourth-order valence-corrected chi connectivity index (χ4v) is 2.97. The Balaban J connectivity index is 1.98. The highest BCUT2D eigenvalue weighted by molar-refractivity contribution is 7.97. The molecule has 0 amide bonds. The van der Waals surface area contributed by atoms with E-state index in [-0.39, 0.29) is 12.4 Å². The minimum absolute atomic E-state index is 0.245. The van der Waals surface area contributed by atoms with Gasteiger partial charge in [0.15, 0.2) is 0 Å². The van der Waals surface area contributed by atoms with Gasteiger partial charge in [0.1, 0.15) is 5.82 Å². The molecule has 2 rings (SSSR count). The second kappa shape index (κ2) is 7.87. The van der Waals surface area contributed by atoms with Crippen molar-refractivity contribution in [1.29, 1.82) is 0 Å². The van der Waals surface area contributed by atoms with E-state index in [4.69, 9.17) is 5.73 Å². The summed E-state index contributed by atoms with van der Waals surface area (Å²) < 4.78 is 13.5. The molecule has 0 atom stereocenters. The van der Waals surface area contributed by atoms with Crippen molar-refractivity contribution in [1.82, 2.24) is 0 Å². The van der Waals surface area contributed by atoms with E-state index in [9.17, 15) is 4.39 Å². The van der Waals surface area contributed by atoms with Gasteiger partial charge in [-0.25, -0.2) is 4.39 Å². The van der Waals surface area contributed by atoms with Gasteiger partial charge in [0, 0.05) is 17.1 Å². The molecule has 0 aliphatic heterocycles. The second-order valence-electron chi connectivity index (χ2n) is 4.84. The SMILES string of the molecule is Cc1cccc(CSCc2cc(F)cc(C#CCN)c2)c1. The Morgan fingerprint density at radius 1 is 1.10 bits per heavy atom. The van der Waals surface area contributed by atoms with Gasteiger partial charge in [0.2, 0.25) is 0 Å². The first-order valence-corrected chi connectivity index (χ1v) is 7.94. The summed E-state index contributed by atoms with van der Waals surface area (Å²) in [5, 5.41) is 0. The molecule has 0 saturated heterocycles. The summed E-state index contributed by atoms with van der Waals surface area (Å²) in [4.78, 5) is 0. The first-order valence-electron chi connectivity index (χ1n) is 6.79. The van der Waals surface area contributed by atoms with Gasteiger partial charge in [-0.15, -0.1) is 0 Å². The number of rotatable bonds is 4. The van der Waals surface area contributed by atoms with Crippen molar-refractivity contribution >= 4 is 11.8 Å². The zero-order chi connectivity index (χ0) is 15.1. The molecule has 0 aliphatic rings. The van der Waals surface area contributed by atoms with Gasteiger partial charge in [-0.3, -0.25) is 0 Å². The molecule has 0 unspecified atom stereocenters. The first kappa shape index (κ1) is 15.6. The van der Waals surface area contributed by atoms with E-state index >= 15 is 0 Å². The van der Waals surface area contributed by atoms with Gasteiger partial charge < -0.3 is 5.73 Å². The maximum absolute atomic E-state index is 13.5. The monoisotopic (exact) mass is 299 g/mol. The van der Waals surface area contributed by atoms with Crippen LogP contribution < -0.4 is 5.73 Å². The first-order chi connectivity index (χ1) is 10.2. The molecule has 0 bridgehead atoms. The average molecular weight is 299 g/mol. The molecule has 3 heteroatoms. The molecule has 1 nitrogen and oxygen atoms in total. The highest BCUT2D eigenvalue weighted by atomic mass is 32.2. The van der Waals surface area contributed by atoms with Crippen LogP contribution in [0.15, 0.2) is 42.5 Å². The second-order valence-corrected chi connectivity index (χ2v) is 5.82. The summed E-state index contributed by atoms with van der Waals surface area (Å²) >= 11 is 1.77. The van der Waals surface area contributed by atoms with Crippen LogP contribution in [0.1, 0.15) is 22.3 Å². The van der Waals surface area contributed by atoms with E-state index in [2.05, 4.69) is 43.0 Å². The van der Waals surface area contributed by atoms with Crippen molar-refractivity contribution in [3.63, 3.8) is 0 Å². The number of nitrogens with two attached hydrogens (primary N) is 1. The van der Waals surface area contributed by atoms with Crippen LogP contribution >= 0.6 is 11.8 Å². The summed E-state index contributed by atoms with van der Waals surface area (Å²) in [7, 11) is 0. The van der Waals surface area contributed by atoms with Crippen LogP contribution in [0.25, 0.3) is 0 Å². The third-order valence-corrected chi connectivity index (χ3v) is 3.99. The third kappa shape index (κ3) is 5.26. The standard InChI is InChI=1S/C18H18FNS/c1-14-4-2-5-16(8-14)12-21-13-17-9-15(6-3-7-20)10-18(19)11-17/h2,4-5,8-11H,7,12-13,20H2,1H3. The molecule has 0 heterocycles.